The van der Waals surface area contributed by atoms with Crippen molar-refractivity contribution in [2.24, 2.45) is 11.8 Å². The highest BCUT2D eigenvalue weighted by molar-refractivity contribution is 7.86. The summed E-state index contributed by atoms with van der Waals surface area (Å²) in [6.07, 6.45) is 1.76. The Morgan fingerprint density at radius 1 is 1.18 bits per heavy atom. The number of aromatic nitrogens is 2. The van der Waals surface area contributed by atoms with E-state index in [1.54, 1.807) is 31.7 Å². The van der Waals surface area contributed by atoms with Gasteiger partial charge in [-0.2, -0.15) is 22.1 Å². The van der Waals surface area contributed by atoms with E-state index in [0.29, 0.717) is 12.5 Å². The summed E-state index contributed by atoms with van der Waals surface area (Å²) in [6, 6.07) is 9.59. The fraction of sp³-hybridized carbons (Fsp3) is 0.526. The first-order valence-corrected chi connectivity index (χ1v) is 10.8. The molecular weight excluding hydrogens is 378 g/mol. The number of H-pyrrole nitrogens is 1. The summed E-state index contributed by atoms with van der Waals surface area (Å²) < 4.78 is 34.3. The number of benzene rings is 1. The van der Waals surface area contributed by atoms with E-state index in [1.807, 2.05) is 30.3 Å². The van der Waals surface area contributed by atoms with Gasteiger partial charge in [0.2, 0.25) is 0 Å². The molecule has 3 heterocycles. The fourth-order valence-electron chi connectivity index (χ4n) is 4.50. The topological polar surface area (TPSA) is 81.8 Å². The lowest BCUT2D eigenvalue weighted by Crippen LogP contribution is -2.42. The molecule has 9 heteroatoms. The zero-order valence-corrected chi connectivity index (χ0v) is 17.3. The second kappa shape index (κ2) is 7.47. The first-order chi connectivity index (χ1) is 13.4. The lowest BCUT2D eigenvalue weighted by atomic mass is 9.90. The Morgan fingerprint density at radius 3 is 2.54 bits per heavy atom. The van der Waals surface area contributed by atoms with E-state index >= 15 is 0 Å². The number of hydrogen-bond donors (Lipinski definition) is 1. The number of fused-ring (bicyclic) bond motifs is 1. The Kier molecular flexibility index (Phi) is 5.17. The van der Waals surface area contributed by atoms with Crippen LogP contribution in [0.5, 0.6) is 5.75 Å². The van der Waals surface area contributed by atoms with Crippen LogP contribution in [0.1, 0.15) is 17.3 Å². The molecule has 0 bridgehead atoms. The van der Waals surface area contributed by atoms with Gasteiger partial charge in [-0.1, -0.05) is 12.1 Å². The second-order valence-electron chi connectivity index (χ2n) is 7.78. The molecule has 1 N–H and O–H groups in total. The SMILES string of the molecule is COc1ccc([C@H]2[C@H]3CN(Cc4ccn[nH]4)C[C@H]3CN2S(=O)(=O)N(C)C)cc1. The third kappa shape index (κ3) is 3.43. The minimum Gasteiger partial charge on any atom is -0.497 e. The quantitative estimate of drug-likeness (QED) is 0.784. The maximum Gasteiger partial charge on any atom is 0.282 e. The van der Waals surface area contributed by atoms with Crippen molar-refractivity contribution >= 4 is 10.2 Å². The van der Waals surface area contributed by atoms with Crippen LogP contribution in [0.25, 0.3) is 0 Å². The highest BCUT2D eigenvalue weighted by Crippen LogP contribution is 2.47. The molecule has 28 heavy (non-hydrogen) atoms. The van der Waals surface area contributed by atoms with Crippen molar-refractivity contribution in [1.82, 2.24) is 23.7 Å². The van der Waals surface area contributed by atoms with Crippen molar-refractivity contribution in [3.8, 4) is 5.75 Å². The molecule has 4 rings (SSSR count). The molecule has 0 saturated carbocycles. The van der Waals surface area contributed by atoms with Gasteiger partial charge in [0.1, 0.15) is 5.75 Å². The summed E-state index contributed by atoms with van der Waals surface area (Å²) in [5, 5.41) is 7.04. The van der Waals surface area contributed by atoms with Crippen LogP contribution in [0.2, 0.25) is 0 Å². The Labute approximate surface area is 166 Å². The van der Waals surface area contributed by atoms with E-state index in [9.17, 15) is 8.42 Å². The highest BCUT2D eigenvalue weighted by Gasteiger charge is 2.51. The van der Waals surface area contributed by atoms with Gasteiger partial charge < -0.3 is 4.74 Å². The average molecular weight is 406 g/mol. The molecule has 0 radical (unpaired) electrons. The molecule has 2 aliphatic rings. The molecular formula is C19H27N5O3S. The predicted molar refractivity (Wildman–Crippen MR) is 106 cm³/mol. The Hall–Kier alpha value is -1.94. The van der Waals surface area contributed by atoms with E-state index in [0.717, 1.165) is 36.6 Å². The van der Waals surface area contributed by atoms with Crippen molar-refractivity contribution in [2.45, 2.75) is 12.6 Å². The van der Waals surface area contributed by atoms with Crippen molar-refractivity contribution in [2.75, 3.05) is 40.8 Å². The Bertz CT molecular complexity index is 898. The number of nitrogens with zero attached hydrogens (tertiary/aromatic N) is 4. The summed E-state index contributed by atoms with van der Waals surface area (Å²) >= 11 is 0. The lowest BCUT2D eigenvalue weighted by molar-refractivity contribution is 0.252. The summed E-state index contributed by atoms with van der Waals surface area (Å²) in [7, 11) is 1.33. The zero-order chi connectivity index (χ0) is 19.9. The third-order valence-electron chi connectivity index (χ3n) is 5.86. The van der Waals surface area contributed by atoms with Crippen LogP contribution in [-0.4, -0.2) is 73.0 Å². The molecule has 8 nitrogen and oxygen atoms in total. The van der Waals surface area contributed by atoms with Crippen molar-refractivity contribution < 1.29 is 13.2 Å². The summed E-state index contributed by atoms with van der Waals surface area (Å²) in [4.78, 5) is 2.39. The first-order valence-electron chi connectivity index (χ1n) is 9.44. The number of methoxy groups -OCH3 is 1. The van der Waals surface area contributed by atoms with Gasteiger partial charge in [0, 0.05) is 52.2 Å². The summed E-state index contributed by atoms with van der Waals surface area (Å²) in [5.74, 6) is 1.34. The minimum atomic E-state index is -3.50. The number of hydrogen-bond acceptors (Lipinski definition) is 5. The Balaban J connectivity index is 1.62. The highest BCUT2D eigenvalue weighted by atomic mass is 32.2. The molecule has 0 spiro atoms. The van der Waals surface area contributed by atoms with E-state index in [2.05, 4.69) is 15.1 Å². The lowest BCUT2D eigenvalue weighted by Gasteiger charge is -2.31. The number of nitrogens with one attached hydrogen (secondary N) is 1. The first kappa shape index (κ1) is 19.4. The van der Waals surface area contributed by atoms with Crippen molar-refractivity contribution in [3.63, 3.8) is 0 Å². The van der Waals surface area contributed by atoms with Crippen LogP contribution in [-0.2, 0) is 16.8 Å². The molecule has 0 aliphatic carbocycles. The third-order valence-corrected chi connectivity index (χ3v) is 7.76. The molecule has 2 saturated heterocycles. The maximum absolute atomic E-state index is 13.0. The minimum absolute atomic E-state index is 0.171. The van der Waals surface area contributed by atoms with Crippen LogP contribution >= 0.6 is 0 Å². The molecule has 3 atom stereocenters. The fourth-order valence-corrected chi connectivity index (χ4v) is 5.87. The molecule has 152 valence electrons. The molecule has 1 aromatic carbocycles. The van der Waals surface area contributed by atoms with Crippen LogP contribution in [0.3, 0.4) is 0 Å². The largest absolute Gasteiger partial charge is 0.497 e. The van der Waals surface area contributed by atoms with Gasteiger partial charge in [-0.25, -0.2) is 0 Å². The van der Waals surface area contributed by atoms with E-state index in [1.165, 1.54) is 4.31 Å². The molecule has 1 aromatic heterocycles. The summed E-state index contributed by atoms with van der Waals surface area (Å²) in [5.41, 5.74) is 2.10. The zero-order valence-electron chi connectivity index (χ0n) is 16.4. The van der Waals surface area contributed by atoms with Gasteiger partial charge >= 0.3 is 0 Å². The molecule has 2 aliphatic heterocycles. The molecule has 2 aromatic rings. The smallest absolute Gasteiger partial charge is 0.282 e. The van der Waals surface area contributed by atoms with E-state index in [-0.39, 0.29) is 12.0 Å². The summed E-state index contributed by atoms with van der Waals surface area (Å²) in [6.45, 7) is 3.10. The number of likely N-dealkylation sites (tertiary alicyclic amines) is 1. The average Bonchev–Trinajstić information content (AvgIpc) is 3.38. The number of ether oxygens (including phenoxy) is 1. The second-order valence-corrected chi connectivity index (χ2v) is 9.87. The van der Waals surface area contributed by atoms with E-state index < -0.39 is 10.2 Å². The monoisotopic (exact) mass is 405 g/mol. The molecule has 2 fully saturated rings. The molecule has 0 unspecified atom stereocenters. The van der Waals surface area contributed by atoms with Crippen molar-refractivity contribution in [1.29, 1.82) is 0 Å². The van der Waals surface area contributed by atoms with Crippen LogP contribution in [0.15, 0.2) is 36.5 Å². The van der Waals surface area contributed by atoms with Crippen molar-refractivity contribution in [3.05, 3.63) is 47.8 Å². The number of aromatic amines is 1. The van der Waals surface area contributed by atoms with Gasteiger partial charge in [-0.05, 0) is 35.6 Å². The van der Waals surface area contributed by atoms with Crippen LogP contribution in [0.4, 0.5) is 0 Å². The van der Waals surface area contributed by atoms with Crippen LogP contribution in [0, 0.1) is 11.8 Å². The normalized spacial score (nSPS) is 26.1. The van der Waals surface area contributed by atoms with Gasteiger partial charge in [-0.3, -0.25) is 10.00 Å². The van der Waals surface area contributed by atoms with Gasteiger partial charge in [0.25, 0.3) is 10.2 Å². The van der Waals surface area contributed by atoms with E-state index in [4.69, 9.17) is 4.74 Å². The number of rotatable bonds is 6. The Morgan fingerprint density at radius 2 is 1.93 bits per heavy atom. The van der Waals surface area contributed by atoms with Gasteiger partial charge in [0.15, 0.2) is 0 Å². The predicted octanol–water partition coefficient (Wildman–Crippen LogP) is 1.33. The molecule has 0 amide bonds. The maximum atomic E-state index is 13.0. The standard InChI is InChI=1S/C19H27N5O3S/c1-22(2)28(25,26)24-11-15-10-23(12-16-8-9-20-21-16)13-18(15)19(24)14-4-6-17(27-3)7-5-14/h4-9,15,18-19H,10-13H2,1-3H3,(H,20,21)/t15-,18-,19-/m0/s1. The van der Waals surface area contributed by atoms with Gasteiger partial charge in [0.05, 0.1) is 13.2 Å². The van der Waals surface area contributed by atoms with Crippen LogP contribution < -0.4 is 4.74 Å². The van der Waals surface area contributed by atoms with Gasteiger partial charge in [-0.15, -0.1) is 0 Å².